The number of ether oxygens (including phenoxy) is 1. The number of nitrogens with zero attached hydrogens (tertiary/aromatic N) is 2. The normalized spacial score (nSPS) is 19.3. The first kappa shape index (κ1) is 19.3. The number of benzene rings is 2. The minimum atomic E-state index is -0.567. The number of carbonyl (C=O) groups is 1. The summed E-state index contributed by atoms with van der Waals surface area (Å²) in [6, 6.07) is 10.5. The van der Waals surface area contributed by atoms with Crippen LogP contribution in [-0.4, -0.2) is 55.1 Å². The van der Waals surface area contributed by atoms with E-state index in [1.807, 2.05) is 4.90 Å². The predicted octanol–water partition coefficient (Wildman–Crippen LogP) is 3.59. The molecule has 0 N–H and O–H groups in total. The van der Waals surface area contributed by atoms with Crippen LogP contribution >= 0.6 is 11.6 Å². The number of hydrogen-bond donors (Lipinski definition) is 0. The molecule has 0 aliphatic carbocycles. The molecule has 0 aromatic heterocycles. The molecule has 2 aliphatic rings. The van der Waals surface area contributed by atoms with Crippen LogP contribution in [0.1, 0.15) is 15.9 Å². The van der Waals surface area contributed by atoms with E-state index in [1.165, 1.54) is 12.1 Å². The molecule has 2 aromatic rings. The summed E-state index contributed by atoms with van der Waals surface area (Å²) in [5.41, 5.74) is 1.06. The fourth-order valence-corrected chi connectivity index (χ4v) is 4.23. The SMILES string of the molecule is O=C(c1ccc(Cl)cc1)N1CCOCC2(CN(Cc3cc(F)cc(F)c3)C2)C1. The molecule has 2 aromatic carbocycles. The Morgan fingerprint density at radius 3 is 2.43 bits per heavy atom. The summed E-state index contributed by atoms with van der Waals surface area (Å²) in [5.74, 6) is -1.17. The van der Waals surface area contributed by atoms with Gasteiger partial charge in [0.05, 0.1) is 13.2 Å². The third-order valence-electron chi connectivity index (χ3n) is 5.27. The van der Waals surface area contributed by atoms with Crippen molar-refractivity contribution in [1.82, 2.24) is 9.80 Å². The molecule has 0 atom stereocenters. The van der Waals surface area contributed by atoms with E-state index in [9.17, 15) is 13.6 Å². The van der Waals surface area contributed by atoms with Gasteiger partial charge in [-0.1, -0.05) is 11.6 Å². The summed E-state index contributed by atoms with van der Waals surface area (Å²) in [7, 11) is 0. The van der Waals surface area contributed by atoms with Gasteiger partial charge < -0.3 is 9.64 Å². The molecule has 7 heteroatoms. The second-order valence-corrected chi connectivity index (χ2v) is 8.15. The Morgan fingerprint density at radius 2 is 1.75 bits per heavy atom. The van der Waals surface area contributed by atoms with Crippen LogP contribution in [0.2, 0.25) is 5.02 Å². The zero-order valence-electron chi connectivity index (χ0n) is 15.3. The first-order valence-corrected chi connectivity index (χ1v) is 9.60. The van der Waals surface area contributed by atoms with Gasteiger partial charge in [-0.3, -0.25) is 9.69 Å². The van der Waals surface area contributed by atoms with Crippen LogP contribution in [0.25, 0.3) is 0 Å². The fourth-order valence-electron chi connectivity index (χ4n) is 4.11. The van der Waals surface area contributed by atoms with Crippen molar-refractivity contribution in [3.63, 3.8) is 0 Å². The molecule has 2 aliphatic heterocycles. The number of amides is 1. The molecular formula is C21H21ClF2N2O2. The van der Waals surface area contributed by atoms with E-state index >= 15 is 0 Å². The summed E-state index contributed by atoms with van der Waals surface area (Å²) >= 11 is 5.91. The Bertz CT molecular complexity index is 849. The maximum absolute atomic E-state index is 13.4. The lowest BCUT2D eigenvalue weighted by Crippen LogP contribution is -2.62. The number of likely N-dealkylation sites (tertiary alicyclic amines) is 1. The number of halogens is 3. The van der Waals surface area contributed by atoms with E-state index in [0.717, 1.165) is 19.2 Å². The highest BCUT2D eigenvalue weighted by Crippen LogP contribution is 2.35. The Kier molecular flexibility index (Phi) is 5.36. The third kappa shape index (κ3) is 4.19. The van der Waals surface area contributed by atoms with Crippen molar-refractivity contribution in [2.24, 2.45) is 5.41 Å². The van der Waals surface area contributed by atoms with Crippen LogP contribution in [0.3, 0.4) is 0 Å². The zero-order valence-corrected chi connectivity index (χ0v) is 16.1. The van der Waals surface area contributed by atoms with E-state index in [4.69, 9.17) is 16.3 Å². The lowest BCUT2D eigenvalue weighted by atomic mass is 9.79. The largest absolute Gasteiger partial charge is 0.379 e. The maximum Gasteiger partial charge on any atom is 0.253 e. The number of carbonyl (C=O) groups excluding carboxylic acids is 1. The van der Waals surface area contributed by atoms with Crippen molar-refractivity contribution in [2.45, 2.75) is 6.54 Å². The minimum Gasteiger partial charge on any atom is -0.379 e. The number of rotatable bonds is 3. The van der Waals surface area contributed by atoms with Gasteiger partial charge in [-0.15, -0.1) is 0 Å². The lowest BCUT2D eigenvalue weighted by molar-refractivity contribution is -0.0606. The topological polar surface area (TPSA) is 32.8 Å². The monoisotopic (exact) mass is 406 g/mol. The molecule has 1 spiro atoms. The molecule has 4 nitrogen and oxygen atoms in total. The van der Waals surface area contributed by atoms with Crippen molar-refractivity contribution < 1.29 is 18.3 Å². The van der Waals surface area contributed by atoms with Gasteiger partial charge in [0.25, 0.3) is 5.91 Å². The second-order valence-electron chi connectivity index (χ2n) is 7.71. The molecular weight excluding hydrogens is 386 g/mol. The van der Waals surface area contributed by atoms with Gasteiger partial charge in [0.15, 0.2) is 0 Å². The molecule has 148 valence electrons. The Morgan fingerprint density at radius 1 is 1.07 bits per heavy atom. The molecule has 0 bridgehead atoms. The number of hydrogen-bond acceptors (Lipinski definition) is 3. The highest BCUT2D eigenvalue weighted by Gasteiger charge is 2.46. The molecule has 4 rings (SSSR count). The average Bonchev–Trinajstić information content (AvgIpc) is 2.84. The summed E-state index contributed by atoms with van der Waals surface area (Å²) in [5, 5.41) is 0.593. The van der Waals surface area contributed by atoms with Crippen LogP contribution in [0.15, 0.2) is 42.5 Å². The van der Waals surface area contributed by atoms with Crippen molar-refractivity contribution in [2.75, 3.05) is 39.4 Å². The molecule has 1 amide bonds. The molecule has 0 saturated carbocycles. The summed E-state index contributed by atoms with van der Waals surface area (Å²) in [6.45, 7) is 4.12. The first-order chi connectivity index (χ1) is 13.4. The van der Waals surface area contributed by atoms with Gasteiger partial charge in [-0.05, 0) is 42.0 Å². The highest BCUT2D eigenvalue weighted by atomic mass is 35.5. The van der Waals surface area contributed by atoms with Gasteiger partial charge in [0.2, 0.25) is 0 Å². The molecule has 2 saturated heterocycles. The van der Waals surface area contributed by atoms with Crippen molar-refractivity contribution in [3.8, 4) is 0 Å². The molecule has 2 fully saturated rings. The van der Waals surface area contributed by atoms with E-state index in [-0.39, 0.29) is 11.3 Å². The minimum absolute atomic E-state index is 0.0350. The molecule has 28 heavy (non-hydrogen) atoms. The lowest BCUT2D eigenvalue weighted by Gasteiger charge is -2.50. The van der Waals surface area contributed by atoms with Crippen molar-refractivity contribution in [3.05, 3.63) is 70.2 Å². The summed E-state index contributed by atoms with van der Waals surface area (Å²) in [6.07, 6.45) is 0. The van der Waals surface area contributed by atoms with E-state index in [1.54, 1.807) is 24.3 Å². The van der Waals surface area contributed by atoms with E-state index < -0.39 is 11.6 Å². The Hall–Kier alpha value is -2.02. The first-order valence-electron chi connectivity index (χ1n) is 9.22. The van der Waals surface area contributed by atoms with Gasteiger partial charge in [-0.2, -0.15) is 0 Å². The van der Waals surface area contributed by atoms with Gasteiger partial charge >= 0.3 is 0 Å². The van der Waals surface area contributed by atoms with Crippen LogP contribution < -0.4 is 0 Å². The second kappa shape index (κ2) is 7.78. The van der Waals surface area contributed by atoms with Crippen LogP contribution in [0.4, 0.5) is 8.78 Å². The summed E-state index contributed by atoms with van der Waals surface area (Å²) < 4.78 is 32.6. The van der Waals surface area contributed by atoms with Crippen LogP contribution in [0.5, 0.6) is 0 Å². The zero-order chi connectivity index (χ0) is 19.7. The maximum atomic E-state index is 13.4. The van der Waals surface area contributed by atoms with Crippen molar-refractivity contribution in [1.29, 1.82) is 0 Å². The Labute approximate surface area is 167 Å². The predicted molar refractivity (Wildman–Crippen MR) is 102 cm³/mol. The highest BCUT2D eigenvalue weighted by molar-refractivity contribution is 6.30. The quantitative estimate of drug-likeness (QED) is 0.781. The van der Waals surface area contributed by atoms with Gasteiger partial charge in [-0.25, -0.2) is 8.78 Å². The van der Waals surface area contributed by atoms with Gasteiger partial charge in [0, 0.05) is 54.8 Å². The molecule has 0 unspecified atom stereocenters. The van der Waals surface area contributed by atoms with Crippen LogP contribution in [-0.2, 0) is 11.3 Å². The van der Waals surface area contributed by atoms with Crippen molar-refractivity contribution >= 4 is 17.5 Å². The van der Waals surface area contributed by atoms with Gasteiger partial charge in [0.1, 0.15) is 11.6 Å². The third-order valence-corrected chi connectivity index (χ3v) is 5.52. The molecule has 0 radical (unpaired) electrons. The smallest absolute Gasteiger partial charge is 0.253 e. The average molecular weight is 407 g/mol. The Balaban J connectivity index is 1.41. The van der Waals surface area contributed by atoms with E-state index in [0.29, 0.717) is 49.0 Å². The van der Waals surface area contributed by atoms with E-state index in [2.05, 4.69) is 4.90 Å². The standard InChI is InChI=1S/C21H21ClF2N2O2/c22-17-3-1-16(2-4-17)20(27)26-5-6-28-14-21(13-26)11-25(12-21)10-15-7-18(23)9-19(24)8-15/h1-4,7-9H,5-6,10-14H2. The van der Waals surface area contributed by atoms with Crippen LogP contribution in [0, 0.1) is 17.0 Å². The fraction of sp³-hybridized carbons (Fsp3) is 0.381. The summed E-state index contributed by atoms with van der Waals surface area (Å²) in [4.78, 5) is 16.8. The molecule has 2 heterocycles.